The minimum absolute atomic E-state index is 0.175. The minimum atomic E-state index is -0.221. The SMILES string of the molecule is Cc1cc(Br)cc([C@H](N)CC(C)C)c1F. The Labute approximate surface area is 99.0 Å². The van der Waals surface area contributed by atoms with Crippen LogP contribution < -0.4 is 5.73 Å². The number of aryl methyl sites for hydroxylation is 1. The maximum atomic E-state index is 13.8. The van der Waals surface area contributed by atoms with Crippen molar-refractivity contribution >= 4 is 15.9 Å². The molecule has 0 aliphatic rings. The predicted molar refractivity (Wildman–Crippen MR) is 65.2 cm³/mol. The molecule has 0 saturated carbocycles. The molecule has 1 atom stereocenters. The Hall–Kier alpha value is -0.410. The first-order valence-electron chi connectivity index (χ1n) is 5.13. The molecule has 2 N–H and O–H groups in total. The fourth-order valence-corrected chi connectivity index (χ4v) is 2.25. The predicted octanol–water partition coefficient (Wildman–Crippen LogP) is 3.94. The van der Waals surface area contributed by atoms with Gasteiger partial charge in [0.2, 0.25) is 0 Å². The Balaban J connectivity index is 3.02. The summed E-state index contributed by atoms with van der Waals surface area (Å²) in [4.78, 5) is 0. The summed E-state index contributed by atoms with van der Waals surface area (Å²) in [6.07, 6.45) is 0.798. The van der Waals surface area contributed by atoms with Gasteiger partial charge in [0.1, 0.15) is 5.82 Å². The molecule has 0 bridgehead atoms. The van der Waals surface area contributed by atoms with Crippen molar-refractivity contribution in [3.63, 3.8) is 0 Å². The van der Waals surface area contributed by atoms with Crippen LogP contribution >= 0.6 is 15.9 Å². The van der Waals surface area contributed by atoms with E-state index in [0.717, 1.165) is 10.9 Å². The van der Waals surface area contributed by atoms with Crippen LogP contribution in [0.4, 0.5) is 4.39 Å². The van der Waals surface area contributed by atoms with E-state index in [1.807, 2.05) is 0 Å². The molecule has 0 saturated heterocycles. The molecule has 0 aromatic heterocycles. The third-order valence-corrected chi connectivity index (χ3v) is 2.83. The molecule has 0 radical (unpaired) electrons. The Bertz CT molecular complexity index is 350. The Morgan fingerprint density at radius 3 is 2.53 bits per heavy atom. The first kappa shape index (κ1) is 12.7. The van der Waals surface area contributed by atoms with Crippen LogP contribution in [0.2, 0.25) is 0 Å². The fourth-order valence-electron chi connectivity index (χ4n) is 1.66. The van der Waals surface area contributed by atoms with Gasteiger partial charge in [-0.25, -0.2) is 4.39 Å². The second-order valence-corrected chi connectivity index (χ2v) is 5.28. The lowest BCUT2D eigenvalue weighted by atomic mass is 9.96. The molecule has 0 unspecified atom stereocenters. The van der Waals surface area contributed by atoms with E-state index in [1.165, 1.54) is 0 Å². The van der Waals surface area contributed by atoms with E-state index < -0.39 is 0 Å². The second-order valence-electron chi connectivity index (χ2n) is 4.36. The quantitative estimate of drug-likeness (QED) is 0.887. The van der Waals surface area contributed by atoms with Gasteiger partial charge in [0.15, 0.2) is 0 Å². The van der Waals surface area contributed by atoms with Crippen LogP contribution in [0.25, 0.3) is 0 Å². The summed E-state index contributed by atoms with van der Waals surface area (Å²) in [6, 6.07) is 3.32. The minimum Gasteiger partial charge on any atom is -0.324 e. The number of halogens is 2. The molecule has 1 aromatic rings. The lowest BCUT2D eigenvalue weighted by molar-refractivity contribution is 0.487. The Morgan fingerprint density at radius 2 is 2.00 bits per heavy atom. The van der Waals surface area contributed by atoms with Crippen molar-refractivity contribution in [2.24, 2.45) is 11.7 Å². The molecular weight excluding hydrogens is 257 g/mol. The number of benzene rings is 1. The van der Waals surface area contributed by atoms with Gasteiger partial charge in [-0.1, -0.05) is 29.8 Å². The average molecular weight is 274 g/mol. The highest BCUT2D eigenvalue weighted by molar-refractivity contribution is 9.10. The van der Waals surface area contributed by atoms with Crippen LogP contribution in [0.1, 0.15) is 37.4 Å². The van der Waals surface area contributed by atoms with Crippen LogP contribution in [0.3, 0.4) is 0 Å². The zero-order valence-electron chi connectivity index (χ0n) is 9.35. The summed E-state index contributed by atoms with van der Waals surface area (Å²) < 4.78 is 14.7. The maximum Gasteiger partial charge on any atom is 0.130 e. The molecule has 1 aromatic carbocycles. The van der Waals surface area contributed by atoms with E-state index in [-0.39, 0.29) is 11.9 Å². The Kier molecular flexibility index (Phi) is 4.29. The van der Waals surface area contributed by atoms with Gasteiger partial charge in [-0.2, -0.15) is 0 Å². The monoisotopic (exact) mass is 273 g/mol. The largest absolute Gasteiger partial charge is 0.324 e. The first-order chi connectivity index (χ1) is 6.91. The summed E-state index contributed by atoms with van der Waals surface area (Å²) in [5.41, 5.74) is 7.22. The molecule has 0 aliphatic carbocycles. The zero-order valence-corrected chi connectivity index (χ0v) is 10.9. The normalized spacial score (nSPS) is 13.3. The summed E-state index contributed by atoms with van der Waals surface area (Å²) in [5.74, 6) is 0.296. The van der Waals surface area contributed by atoms with Crippen LogP contribution in [0.5, 0.6) is 0 Å². The molecule has 0 spiro atoms. The highest BCUT2D eigenvalue weighted by atomic mass is 79.9. The fraction of sp³-hybridized carbons (Fsp3) is 0.500. The van der Waals surface area contributed by atoms with Crippen LogP contribution in [0, 0.1) is 18.7 Å². The van der Waals surface area contributed by atoms with Crippen molar-refractivity contribution < 1.29 is 4.39 Å². The van der Waals surface area contributed by atoms with E-state index in [4.69, 9.17) is 5.73 Å². The molecule has 15 heavy (non-hydrogen) atoms. The summed E-state index contributed by atoms with van der Waals surface area (Å²) in [5, 5.41) is 0. The van der Waals surface area contributed by atoms with E-state index >= 15 is 0 Å². The number of nitrogens with two attached hydrogens (primary N) is 1. The summed E-state index contributed by atoms with van der Waals surface area (Å²) in [7, 11) is 0. The molecular formula is C12H17BrFN. The Morgan fingerprint density at radius 1 is 1.40 bits per heavy atom. The van der Waals surface area contributed by atoms with Crippen molar-refractivity contribution in [2.75, 3.05) is 0 Å². The van der Waals surface area contributed by atoms with Crippen LogP contribution in [-0.2, 0) is 0 Å². The van der Waals surface area contributed by atoms with Crippen molar-refractivity contribution in [2.45, 2.75) is 33.2 Å². The summed E-state index contributed by atoms with van der Waals surface area (Å²) in [6.45, 7) is 5.93. The third-order valence-electron chi connectivity index (χ3n) is 2.37. The number of hydrogen-bond donors (Lipinski definition) is 1. The van der Waals surface area contributed by atoms with Gasteiger partial charge in [-0.15, -0.1) is 0 Å². The van der Waals surface area contributed by atoms with E-state index in [2.05, 4.69) is 29.8 Å². The van der Waals surface area contributed by atoms with Gasteiger partial charge in [0.05, 0.1) is 0 Å². The molecule has 0 amide bonds. The van der Waals surface area contributed by atoms with Crippen molar-refractivity contribution in [3.05, 3.63) is 33.5 Å². The molecule has 0 fully saturated rings. The van der Waals surface area contributed by atoms with Crippen LogP contribution in [0.15, 0.2) is 16.6 Å². The standard InChI is InChI=1S/C12H17BrFN/c1-7(2)4-11(15)10-6-9(13)5-8(3)12(10)14/h5-7,11H,4,15H2,1-3H3/t11-/m1/s1. The van der Waals surface area contributed by atoms with Crippen molar-refractivity contribution in [3.8, 4) is 0 Å². The lowest BCUT2D eigenvalue weighted by Gasteiger charge is -2.16. The molecule has 84 valence electrons. The van der Waals surface area contributed by atoms with Crippen molar-refractivity contribution in [1.82, 2.24) is 0 Å². The smallest absolute Gasteiger partial charge is 0.130 e. The van der Waals surface area contributed by atoms with Gasteiger partial charge < -0.3 is 5.73 Å². The summed E-state index contributed by atoms with van der Waals surface area (Å²) >= 11 is 3.36. The molecule has 1 rings (SSSR count). The van der Waals surface area contributed by atoms with Crippen molar-refractivity contribution in [1.29, 1.82) is 0 Å². The van der Waals surface area contributed by atoms with Gasteiger partial charge in [-0.3, -0.25) is 0 Å². The van der Waals surface area contributed by atoms with Gasteiger partial charge in [0.25, 0.3) is 0 Å². The highest BCUT2D eigenvalue weighted by Crippen LogP contribution is 2.26. The second kappa shape index (κ2) is 5.08. The van der Waals surface area contributed by atoms with E-state index in [1.54, 1.807) is 19.1 Å². The highest BCUT2D eigenvalue weighted by Gasteiger charge is 2.15. The van der Waals surface area contributed by atoms with Crippen LogP contribution in [-0.4, -0.2) is 0 Å². The number of hydrogen-bond acceptors (Lipinski definition) is 1. The lowest BCUT2D eigenvalue weighted by Crippen LogP contribution is -2.15. The maximum absolute atomic E-state index is 13.8. The number of rotatable bonds is 3. The topological polar surface area (TPSA) is 26.0 Å². The first-order valence-corrected chi connectivity index (χ1v) is 5.92. The molecule has 1 nitrogen and oxygen atoms in total. The van der Waals surface area contributed by atoms with Gasteiger partial charge in [-0.05, 0) is 37.0 Å². The molecule has 0 heterocycles. The van der Waals surface area contributed by atoms with Gasteiger partial charge >= 0.3 is 0 Å². The van der Waals surface area contributed by atoms with E-state index in [9.17, 15) is 4.39 Å². The third kappa shape index (κ3) is 3.28. The van der Waals surface area contributed by atoms with Gasteiger partial charge in [0, 0.05) is 16.1 Å². The molecule has 0 aliphatic heterocycles. The molecule has 3 heteroatoms. The van der Waals surface area contributed by atoms with E-state index in [0.29, 0.717) is 17.0 Å². The zero-order chi connectivity index (χ0) is 11.6. The average Bonchev–Trinajstić information content (AvgIpc) is 2.09.